The standard InChI is InChI=1S/C16H23ClN2OS/c1-10(2)21-15-5-4-13(17)9-14(15)19-16(20)12-6-7-18-11(3)8-12/h4-5,9-12,18H,6-8H2,1-3H3,(H,19,20)/t11-,12-/m0/s1. The molecular formula is C16H23ClN2OS. The lowest BCUT2D eigenvalue weighted by molar-refractivity contribution is -0.120. The third-order valence-electron chi connectivity index (χ3n) is 3.56. The number of hydrogen-bond donors (Lipinski definition) is 2. The Bertz CT molecular complexity index is 507. The first kappa shape index (κ1) is 16.7. The van der Waals surface area contributed by atoms with Crippen LogP contribution < -0.4 is 10.6 Å². The van der Waals surface area contributed by atoms with Crippen molar-refractivity contribution >= 4 is 35.0 Å². The summed E-state index contributed by atoms with van der Waals surface area (Å²) in [6, 6.07) is 6.09. The van der Waals surface area contributed by atoms with E-state index in [1.807, 2.05) is 18.2 Å². The summed E-state index contributed by atoms with van der Waals surface area (Å²) in [4.78, 5) is 13.5. The highest BCUT2D eigenvalue weighted by molar-refractivity contribution is 8.00. The van der Waals surface area contributed by atoms with Crippen molar-refractivity contribution in [1.29, 1.82) is 0 Å². The van der Waals surface area contributed by atoms with Gasteiger partial charge in [-0.2, -0.15) is 0 Å². The van der Waals surface area contributed by atoms with Gasteiger partial charge in [-0.3, -0.25) is 4.79 Å². The van der Waals surface area contributed by atoms with Gasteiger partial charge in [-0.15, -0.1) is 11.8 Å². The summed E-state index contributed by atoms with van der Waals surface area (Å²) in [6.45, 7) is 7.31. The van der Waals surface area contributed by atoms with E-state index in [1.165, 1.54) is 0 Å². The minimum Gasteiger partial charge on any atom is -0.325 e. The summed E-state index contributed by atoms with van der Waals surface area (Å²) in [6.07, 6.45) is 1.78. The molecule has 5 heteroatoms. The van der Waals surface area contributed by atoms with E-state index < -0.39 is 0 Å². The van der Waals surface area contributed by atoms with Crippen LogP contribution in [0.15, 0.2) is 23.1 Å². The first-order valence-corrected chi connectivity index (χ1v) is 8.72. The van der Waals surface area contributed by atoms with E-state index in [1.54, 1.807) is 11.8 Å². The number of carbonyl (C=O) groups excluding carboxylic acids is 1. The number of thioether (sulfide) groups is 1. The maximum absolute atomic E-state index is 12.5. The van der Waals surface area contributed by atoms with Crippen LogP contribution in [0, 0.1) is 5.92 Å². The highest BCUT2D eigenvalue weighted by Gasteiger charge is 2.25. The van der Waals surface area contributed by atoms with Crippen molar-refractivity contribution in [2.24, 2.45) is 5.92 Å². The average Bonchev–Trinajstić information content (AvgIpc) is 2.41. The second kappa shape index (κ2) is 7.52. The fourth-order valence-electron chi connectivity index (χ4n) is 2.56. The molecule has 1 heterocycles. The number of hydrogen-bond acceptors (Lipinski definition) is 3. The van der Waals surface area contributed by atoms with E-state index in [0.29, 0.717) is 16.3 Å². The molecule has 0 spiro atoms. The van der Waals surface area contributed by atoms with Crippen LogP contribution in [-0.2, 0) is 4.79 Å². The van der Waals surface area contributed by atoms with Gasteiger partial charge in [-0.05, 0) is 44.5 Å². The topological polar surface area (TPSA) is 41.1 Å². The van der Waals surface area contributed by atoms with Crippen molar-refractivity contribution in [3.05, 3.63) is 23.2 Å². The van der Waals surface area contributed by atoms with Crippen molar-refractivity contribution in [1.82, 2.24) is 5.32 Å². The largest absolute Gasteiger partial charge is 0.325 e. The molecule has 21 heavy (non-hydrogen) atoms. The lowest BCUT2D eigenvalue weighted by atomic mass is 9.92. The average molecular weight is 327 g/mol. The third kappa shape index (κ3) is 4.90. The predicted octanol–water partition coefficient (Wildman–Crippen LogP) is 4.17. The van der Waals surface area contributed by atoms with Crippen LogP contribution in [0.2, 0.25) is 5.02 Å². The van der Waals surface area contributed by atoms with Crippen molar-refractivity contribution < 1.29 is 4.79 Å². The van der Waals surface area contributed by atoms with Crippen LogP contribution in [0.1, 0.15) is 33.6 Å². The Balaban J connectivity index is 2.10. The normalized spacial score (nSPS) is 22.3. The summed E-state index contributed by atoms with van der Waals surface area (Å²) in [5.41, 5.74) is 0.831. The molecule has 0 unspecified atom stereocenters. The second-order valence-electron chi connectivity index (χ2n) is 5.87. The number of anilines is 1. The maximum Gasteiger partial charge on any atom is 0.227 e. The molecule has 1 fully saturated rings. The number of amides is 1. The quantitative estimate of drug-likeness (QED) is 0.816. The predicted molar refractivity (Wildman–Crippen MR) is 91.3 cm³/mol. The van der Waals surface area contributed by atoms with E-state index in [9.17, 15) is 4.79 Å². The molecule has 0 aromatic heterocycles. The summed E-state index contributed by atoms with van der Waals surface area (Å²) in [7, 11) is 0. The molecule has 1 aliphatic heterocycles. The summed E-state index contributed by atoms with van der Waals surface area (Å²) in [5.74, 6) is 0.188. The Hall–Kier alpha value is -0.710. The molecule has 1 amide bonds. The van der Waals surface area contributed by atoms with Crippen molar-refractivity contribution in [3.8, 4) is 0 Å². The molecule has 2 rings (SSSR count). The van der Waals surface area contributed by atoms with Gasteiger partial charge in [0.2, 0.25) is 5.91 Å². The van der Waals surface area contributed by atoms with Crippen LogP contribution in [0.25, 0.3) is 0 Å². The van der Waals surface area contributed by atoms with Gasteiger partial charge in [0.25, 0.3) is 0 Å². The molecule has 2 atom stereocenters. The smallest absolute Gasteiger partial charge is 0.227 e. The molecule has 0 aliphatic carbocycles. The van der Waals surface area contributed by atoms with Crippen LogP contribution in [0.5, 0.6) is 0 Å². The molecule has 1 saturated heterocycles. The first-order valence-electron chi connectivity index (χ1n) is 7.46. The molecular weight excluding hydrogens is 304 g/mol. The van der Waals surface area contributed by atoms with Crippen LogP contribution >= 0.6 is 23.4 Å². The van der Waals surface area contributed by atoms with Gasteiger partial charge < -0.3 is 10.6 Å². The van der Waals surface area contributed by atoms with E-state index in [2.05, 4.69) is 31.4 Å². The maximum atomic E-state index is 12.5. The SMILES string of the molecule is CC(C)Sc1ccc(Cl)cc1NC(=O)[C@H]1CCN[C@@H](C)C1. The molecule has 0 saturated carbocycles. The van der Waals surface area contributed by atoms with Gasteiger partial charge in [0, 0.05) is 27.1 Å². The van der Waals surface area contributed by atoms with Crippen LogP contribution in [-0.4, -0.2) is 23.7 Å². The molecule has 0 bridgehead atoms. The zero-order valence-electron chi connectivity index (χ0n) is 12.8. The molecule has 0 radical (unpaired) electrons. The monoisotopic (exact) mass is 326 g/mol. The lowest BCUT2D eigenvalue weighted by Gasteiger charge is -2.27. The van der Waals surface area contributed by atoms with Crippen molar-refractivity contribution in [3.63, 3.8) is 0 Å². The highest BCUT2D eigenvalue weighted by Crippen LogP contribution is 2.33. The summed E-state index contributed by atoms with van der Waals surface area (Å²) < 4.78 is 0. The van der Waals surface area contributed by atoms with Gasteiger partial charge in [0.15, 0.2) is 0 Å². The van der Waals surface area contributed by atoms with E-state index in [4.69, 9.17) is 11.6 Å². The van der Waals surface area contributed by atoms with E-state index in [-0.39, 0.29) is 11.8 Å². The van der Waals surface area contributed by atoms with Gasteiger partial charge in [0.05, 0.1) is 5.69 Å². The number of carbonyl (C=O) groups is 1. The lowest BCUT2D eigenvalue weighted by Crippen LogP contribution is -2.40. The van der Waals surface area contributed by atoms with E-state index in [0.717, 1.165) is 30.0 Å². The third-order valence-corrected chi connectivity index (χ3v) is 4.87. The Morgan fingerprint density at radius 3 is 2.90 bits per heavy atom. The van der Waals surface area contributed by atoms with Gasteiger partial charge >= 0.3 is 0 Å². The minimum absolute atomic E-state index is 0.0807. The number of rotatable bonds is 4. The summed E-state index contributed by atoms with van der Waals surface area (Å²) in [5, 5.41) is 7.56. The van der Waals surface area contributed by atoms with Crippen molar-refractivity contribution in [2.75, 3.05) is 11.9 Å². The number of benzene rings is 1. The molecule has 1 aliphatic rings. The molecule has 2 N–H and O–H groups in total. The fourth-order valence-corrected chi connectivity index (χ4v) is 3.62. The Morgan fingerprint density at radius 1 is 1.48 bits per heavy atom. The van der Waals surface area contributed by atoms with Gasteiger partial charge in [-0.25, -0.2) is 0 Å². The fraction of sp³-hybridized carbons (Fsp3) is 0.562. The van der Waals surface area contributed by atoms with Crippen LogP contribution in [0.4, 0.5) is 5.69 Å². The number of nitrogens with one attached hydrogen (secondary N) is 2. The minimum atomic E-state index is 0.0807. The molecule has 116 valence electrons. The zero-order chi connectivity index (χ0) is 15.4. The second-order valence-corrected chi connectivity index (χ2v) is 7.93. The Morgan fingerprint density at radius 2 is 2.24 bits per heavy atom. The Labute approximate surface area is 136 Å². The molecule has 3 nitrogen and oxygen atoms in total. The van der Waals surface area contributed by atoms with Crippen LogP contribution in [0.3, 0.4) is 0 Å². The molecule has 1 aromatic carbocycles. The Kier molecular flexibility index (Phi) is 5.97. The number of piperidine rings is 1. The van der Waals surface area contributed by atoms with E-state index >= 15 is 0 Å². The molecule has 1 aromatic rings. The zero-order valence-corrected chi connectivity index (χ0v) is 14.4. The van der Waals surface area contributed by atoms with Crippen molar-refractivity contribution in [2.45, 2.75) is 49.8 Å². The number of halogens is 1. The first-order chi connectivity index (χ1) is 9.95. The van der Waals surface area contributed by atoms with Gasteiger partial charge in [-0.1, -0.05) is 25.4 Å². The highest BCUT2D eigenvalue weighted by atomic mass is 35.5. The summed E-state index contributed by atoms with van der Waals surface area (Å²) >= 11 is 7.81. The van der Waals surface area contributed by atoms with Gasteiger partial charge in [0.1, 0.15) is 0 Å².